The fourth-order valence-corrected chi connectivity index (χ4v) is 3.61. The maximum atomic E-state index is 12.6. The number of ether oxygens (including phenoxy) is 1. The summed E-state index contributed by atoms with van der Waals surface area (Å²) >= 11 is 0. The van der Waals surface area contributed by atoms with E-state index < -0.39 is 5.91 Å². The molecule has 154 valence electrons. The van der Waals surface area contributed by atoms with Gasteiger partial charge in [0, 0.05) is 26.3 Å². The summed E-state index contributed by atoms with van der Waals surface area (Å²) in [4.78, 5) is 39.2. The normalized spacial score (nSPS) is 13.4. The smallest absolute Gasteiger partial charge is 0.274 e. The highest BCUT2D eigenvalue weighted by molar-refractivity contribution is 5.97. The van der Waals surface area contributed by atoms with Crippen molar-refractivity contribution in [2.24, 2.45) is 7.05 Å². The first-order chi connectivity index (χ1) is 14.5. The Labute approximate surface area is 173 Å². The lowest BCUT2D eigenvalue weighted by molar-refractivity contribution is -0.118. The molecule has 1 aliphatic rings. The lowest BCUT2D eigenvalue weighted by Crippen LogP contribution is -2.31. The molecule has 0 bridgehead atoms. The second-order valence-electron chi connectivity index (χ2n) is 7.40. The van der Waals surface area contributed by atoms with Crippen molar-refractivity contribution in [2.75, 3.05) is 25.0 Å². The third-order valence-corrected chi connectivity index (χ3v) is 5.19. The van der Waals surface area contributed by atoms with Crippen LogP contribution in [0.15, 0.2) is 59.5 Å². The molecule has 2 aromatic carbocycles. The van der Waals surface area contributed by atoms with Gasteiger partial charge in [0.1, 0.15) is 11.4 Å². The van der Waals surface area contributed by atoms with E-state index in [-0.39, 0.29) is 23.8 Å². The zero-order chi connectivity index (χ0) is 21.1. The van der Waals surface area contributed by atoms with Gasteiger partial charge in [-0.1, -0.05) is 30.3 Å². The molecule has 1 saturated heterocycles. The van der Waals surface area contributed by atoms with Crippen LogP contribution in [0.25, 0.3) is 10.8 Å². The van der Waals surface area contributed by atoms with Crippen molar-refractivity contribution in [2.45, 2.75) is 12.8 Å². The third kappa shape index (κ3) is 4.20. The number of pyridine rings is 1. The molecule has 7 nitrogen and oxygen atoms in total. The number of carbonyl (C=O) groups excluding carboxylic acids is 2. The second kappa shape index (κ2) is 8.41. The van der Waals surface area contributed by atoms with E-state index in [0.29, 0.717) is 24.4 Å². The first-order valence-electron chi connectivity index (χ1n) is 9.93. The van der Waals surface area contributed by atoms with Gasteiger partial charge in [0.05, 0.1) is 5.56 Å². The van der Waals surface area contributed by atoms with Crippen molar-refractivity contribution >= 4 is 28.3 Å². The van der Waals surface area contributed by atoms with Crippen LogP contribution in [-0.4, -0.2) is 41.0 Å². The number of aromatic nitrogens is 1. The number of benzene rings is 2. The molecule has 1 fully saturated rings. The van der Waals surface area contributed by atoms with Crippen LogP contribution in [0, 0.1) is 0 Å². The van der Waals surface area contributed by atoms with Crippen molar-refractivity contribution in [3.8, 4) is 5.75 Å². The summed E-state index contributed by atoms with van der Waals surface area (Å²) in [5.74, 6) is -0.0354. The number of carbonyl (C=O) groups is 2. The minimum Gasteiger partial charge on any atom is -0.484 e. The number of fused-ring (bicyclic) bond motifs is 1. The molecule has 2 amide bonds. The molecule has 1 aliphatic heterocycles. The lowest BCUT2D eigenvalue weighted by atomic mass is 10.1. The van der Waals surface area contributed by atoms with Gasteiger partial charge in [0.15, 0.2) is 6.61 Å². The fraction of sp³-hybridized carbons (Fsp3) is 0.261. The van der Waals surface area contributed by atoms with Crippen LogP contribution in [0.4, 0.5) is 5.69 Å². The summed E-state index contributed by atoms with van der Waals surface area (Å²) in [5.41, 5.74) is 0.0615. The number of hydrogen-bond donors (Lipinski definition) is 1. The summed E-state index contributed by atoms with van der Waals surface area (Å²) in [6, 6.07) is 14.9. The summed E-state index contributed by atoms with van der Waals surface area (Å²) in [7, 11) is 1.56. The number of amides is 2. The Balaban J connectivity index is 1.45. The third-order valence-electron chi connectivity index (χ3n) is 5.19. The molecule has 0 spiro atoms. The van der Waals surface area contributed by atoms with Crippen LogP contribution in [0.1, 0.15) is 23.2 Å². The fourth-order valence-electron chi connectivity index (χ4n) is 3.61. The predicted molar refractivity (Wildman–Crippen MR) is 115 cm³/mol. The largest absolute Gasteiger partial charge is 0.484 e. The van der Waals surface area contributed by atoms with E-state index >= 15 is 0 Å². The second-order valence-corrected chi connectivity index (χ2v) is 7.40. The van der Waals surface area contributed by atoms with Crippen molar-refractivity contribution in [3.63, 3.8) is 0 Å². The van der Waals surface area contributed by atoms with E-state index in [1.54, 1.807) is 18.0 Å². The van der Waals surface area contributed by atoms with E-state index in [4.69, 9.17) is 4.74 Å². The van der Waals surface area contributed by atoms with Gasteiger partial charge in [-0.05, 0) is 41.8 Å². The molecule has 0 unspecified atom stereocenters. The number of nitrogens with one attached hydrogen (secondary N) is 1. The molecule has 0 aliphatic carbocycles. The highest BCUT2D eigenvalue weighted by Gasteiger charge is 2.21. The number of aryl methyl sites for hydroxylation is 1. The summed E-state index contributed by atoms with van der Waals surface area (Å²) < 4.78 is 6.89. The topological polar surface area (TPSA) is 80.6 Å². The first kappa shape index (κ1) is 19.7. The Morgan fingerprint density at radius 1 is 1.03 bits per heavy atom. The summed E-state index contributed by atoms with van der Waals surface area (Å²) in [6.45, 7) is 1.18. The molecule has 7 heteroatoms. The van der Waals surface area contributed by atoms with Crippen molar-refractivity contribution in [3.05, 3.63) is 70.6 Å². The Hall–Kier alpha value is -3.61. The number of likely N-dealkylation sites (tertiary alicyclic amines) is 1. The van der Waals surface area contributed by atoms with Gasteiger partial charge in [0.25, 0.3) is 17.4 Å². The van der Waals surface area contributed by atoms with Crippen molar-refractivity contribution in [1.82, 2.24) is 9.47 Å². The van der Waals surface area contributed by atoms with Gasteiger partial charge in [0.2, 0.25) is 0 Å². The Morgan fingerprint density at radius 3 is 2.53 bits per heavy atom. The first-order valence-corrected chi connectivity index (χ1v) is 9.93. The van der Waals surface area contributed by atoms with Crippen LogP contribution < -0.4 is 15.6 Å². The molecule has 0 atom stereocenters. The van der Waals surface area contributed by atoms with Gasteiger partial charge >= 0.3 is 0 Å². The van der Waals surface area contributed by atoms with Gasteiger partial charge < -0.3 is 19.5 Å². The van der Waals surface area contributed by atoms with Crippen molar-refractivity contribution < 1.29 is 14.3 Å². The standard InChI is InChI=1S/C23H23N3O4/c1-25-14-18(22(28)26-10-4-5-11-26)13-20(23(25)29)24-21(27)15-30-19-9-8-16-6-2-3-7-17(16)12-19/h2-3,6-9,12-14H,4-5,10-11,15H2,1H3,(H,24,27). The Kier molecular flexibility index (Phi) is 5.52. The molecule has 3 aromatic rings. The van der Waals surface area contributed by atoms with Gasteiger partial charge in [-0.2, -0.15) is 0 Å². The van der Waals surface area contributed by atoms with Crippen LogP contribution in [-0.2, 0) is 11.8 Å². The Morgan fingerprint density at radius 2 is 1.77 bits per heavy atom. The highest BCUT2D eigenvalue weighted by atomic mass is 16.5. The maximum absolute atomic E-state index is 12.6. The molecular weight excluding hydrogens is 382 g/mol. The molecule has 30 heavy (non-hydrogen) atoms. The van der Waals surface area contributed by atoms with Crippen LogP contribution >= 0.6 is 0 Å². The molecule has 1 aromatic heterocycles. The average molecular weight is 405 g/mol. The van der Waals surface area contributed by atoms with Gasteiger partial charge in [-0.25, -0.2) is 0 Å². The highest BCUT2D eigenvalue weighted by Crippen LogP contribution is 2.20. The minimum absolute atomic E-state index is 0.0645. The lowest BCUT2D eigenvalue weighted by Gasteiger charge is -2.16. The summed E-state index contributed by atoms with van der Waals surface area (Å²) in [6.07, 6.45) is 3.46. The number of anilines is 1. The van der Waals surface area contributed by atoms with Gasteiger partial charge in [-0.3, -0.25) is 14.4 Å². The van der Waals surface area contributed by atoms with E-state index in [2.05, 4.69) is 5.32 Å². The number of hydrogen-bond acceptors (Lipinski definition) is 4. The van der Waals surface area contributed by atoms with E-state index in [9.17, 15) is 14.4 Å². The predicted octanol–water partition coefficient (Wildman–Crippen LogP) is 2.79. The average Bonchev–Trinajstić information content (AvgIpc) is 3.29. The van der Waals surface area contributed by atoms with Crippen LogP contribution in [0.5, 0.6) is 5.75 Å². The SMILES string of the molecule is Cn1cc(C(=O)N2CCCC2)cc(NC(=O)COc2ccc3ccccc3c2)c1=O. The molecular formula is C23H23N3O4. The molecule has 0 saturated carbocycles. The van der Waals surface area contributed by atoms with E-state index in [1.165, 1.54) is 16.8 Å². The van der Waals surface area contributed by atoms with Crippen molar-refractivity contribution in [1.29, 1.82) is 0 Å². The van der Waals surface area contributed by atoms with E-state index in [0.717, 1.165) is 23.6 Å². The molecule has 4 rings (SSSR count). The van der Waals surface area contributed by atoms with Gasteiger partial charge in [-0.15, -0.1) is 0 Å². The summed E-state index contributed by atoms with van der Waals surface area (Å²) in [5, 5.41) is 4.67. The molecule has 2 heterocycles. The van der Waals surface area contributed by atoms with Crippen LogP contribution in [0.3, 0.4) is 0 Å². The quantitative estimate of drug-likeness (QED) is 0.708. The Bertz CT molecular complexity index is 1160. The van der Waals surface area contributed by atoms with E-state index in [1.807, 2.05) is 36.4 Å². The number of nitrogens with zero attached hydrogens (tertiary/aromatic N) is 2. The number of rotatable bonds is 5. The zero-order valence-corrected chi connectivity index (χ0v) is 16.8. The minimum atomic E-state index is -0.467. The molecule has 0 radical (unpaired) electrons. The maximum Gasteiger partial charge on any atom is 0.274 e. The monoisotopic (exact) mass is 405 g/mol. The van der Waals surface area contributed by atoms with Crippen LogP contribution in [0.2, 0.25) is 0 Å². The molecule has 1 N–H and O–H groups in total. The zero-order valence-electron chi connectivity index (χ0n) is 16.8.